The third-order valence-corrected chi connectivity index (χ3v) is 3.68. The number of benzene rings is 1. The summed E-state index contributed by atoms with van der Waals surface area (Å²) in [5, 5.41) is 0.559. The molecule has 1 heterocycles. The largest absolute Gasteiger partial charge is 0.451 e. The van der Waals surface area contributed by atoms with Gasteiger partial charge in [-0.3, -0.25) is 4.79 Å². The lowest BCUT2D eigenvalue weighted by Gasteiger charge is -2.05. The monoisotopic (exact) mass is 342 g/mol. The van der Waals surface area contributed by atoms with Gasteiger partial charge in [-0.1, -0.05) is 28.1 Å². The van der Waals surface area contributed by atoms with E-state index >= 15 is 0 Å². The molecule has 7 heteroatoms. The number of carbonyl (C=O) groups is 1. The van der Waals surface area contributed by atoms with Crippen LogP contribution in [-0.2, 0) is 11.5 Å². The van der Waals surface area contributed by atoms with E-state index in [1.54, 1.807) is 18.2 Å². The van der Waals surface area contributed by atoms with Crippen molar-refractivity contribution in [1.82, 2.24) is 9.97 Å². The normalized spacial score (nSPS) is 13.3. The van der Waals surface area contributed by atoms with E-state index in [0.29, 0.717) is 22.0 Å². The van der Waals surface area contributed by atoms with E-state index in [1.807, 2.05) is 0 Å². The molecule has 1 aliphatic carbocycles. The van der Waals surface area contributed by atoms with E-state index < -0.39 is 17.8 Å². The number of halogens is 4. The van der Waals surface area contributed by atoms with E-state index in [-0.39, 0.29) is 5.69 Å². The Labute approximate surface area is 120 Å². The van der Waals surface area contributed by atoms with E-state index in [0.717, 1.165) is 11.8 Å². The quantitative estimate of drug-likeness (QED) is 0.634. The molecule has 1 aliphatic rings. The van der Waals surface area contributed by atoms with Gasteiger partial charge in [-0.2, -0.15) is 13.2 Å². The summed E-state index contributed by atoms with van der Waals surface area (Å²) in [6, 6.07) is 5.15. The van der Waals surface area contributed by atoms with E-state index in [1.165, 1.54) is 0 Å². The van der Waals surface area contributed by atoms with Gasteiger partial charge in [0, 0.05) is 22.7 Å². The lowest BCUT2D eigenvalue weighted by molar-refractivity contribution is -0.145. The summed E-state index contributed by atoms with van der Waals surface area (Å²) in [6.07, 6.45) is -3.60. The molecule has 0 saturated heterocycles. The highest BCUT2D eigenvalue weighted by Crippen LogP contribution is 2.37. The minimum Gasteiger partial charge on any atom is -0.287 e. The smallest absolute Gasteiger partial charge is 0.287 e. The Hall–Kier alpha value is -1.76. The SMILES string of the molecule is O=C1c2cc(CBr)ccc2-c2cnc(C(F)(F)F)nc21. The van der Waals surface area contributed by atoms with Crippen LogP contribution in [0.3, 0.4) is 0 Å². The fourth-order valence-electron chi connectivity index (χ4n) is 2.11. The molecule has 3 rings (SSSR count). The third kappa shape index (κ3) is 1.93. The first-order chi connectivity index (χ1) is 9.41. The number of nitrogens with zero attached hydrogens (tertiary/aromatic N) is 2. The van der Waals surface area contributed by atoms with E-state index in [9.17, 15) is 18.0 Å². The molecule has 1 aromatic heterocycles. The number of ketones is 1. The number of hydrogen-bond donors (Lipinski definition) is 0. The minimum absolute atomic E-state index is 0.186. The second kappa shape index (κ2) is 4.37. The Kier molecular flexibility index (Phi) is 2.89. The molecule has 0 N–H and O–H groups in total. The zero-order valence-electron chi connectivity index (χ0n) is 9.83. The van der Waals surface area contributed by atoms with Crippen molar-refractivity contribution >= 4 is 21.7 Å². The van der Waals surface area contributed by atoms with Crippen molar-refractivity contribution in [3.05, 3.63) is 47.0 Å². The van der Waals surface area contributed by atoms with Gasteiger partial charge in [0.15, 0.2) is 0 Å². The van der Waals surface area contributed by atoms with Gasteiger partial charge in [0.05, 0.1) is 0 Å². The summed E-state index contributed by atoms with van der Waals surface area (Å²) in [4.78, 5) is 18.8. The second-order valence-electron chi connectivity index (χ2n) is 4.30. The molecule has 3 nitrogen and oxygen atoms in total. The summed E-state index contributed by atoms with van der Waals surface area (Å²) >= 11 is 3.27. The first-order valence-electron chi connectivity index (χ1n) is 5.60. The van der Waals surface area contributed by atoms with Gasteiger partial charge in [-0.25, -0.2) is 9.97 Å². The summed E-state index contributed by atoms with van der Waals surface area (Å²) in [5.74, 6) is -1.79. The minimum atomic E-state index is -4.66. The van der Waals surface area contributed by atoms with Crippen LogP contribution in [0.1, 0.15) is 27.4 Å². The molecule has 0 atom stereocenters. The molecule has 102 valence electrons. The Morgan fingerprint density at radius 3 is 2.55 bits per heavy atom. The first kappa shape index (κ1) is 13.2. The highest BCUT2D eigenvalue weighted by molar-refractivity contribution is 9.08. The molecule has 0 amide bonds. The van der Waals surface area contributed by atoms with Gasteiger partial charge in [0.1, 0.15) is 5.69 Å². The molecule has 1 aromatic carbocycles. The molecule has 0 unspecified atom stereocenters. The molecule has 0 saturated carbocycles. The Morgan fingerprint density at radius 1 is 1.15 bits per heavy atom. The van der Waals surface area contributed by atoms with Gasteiger partial charge in [0.25, 0.3) is 0 Å². The van der Waals surface area contributed by atoms with Crippen molar-refractivity contribution in [3.8, 4) is 11.1 Å². The maximum Gasteiger partial charge on any atom is 0.451 e. The highest BCUT2D eigenvalue weighted by Gasteiger charge is 2.38. The van der Waals surface area contributed by atoms with Crippen LogP contribution in [0.25, 0.3) is 11.1 Å². The average molecular weight is 343 g/mol. The standard InChI is InChI=1S/C13H6BrF3N2O/c14-4-6-1-2-7-8(3-6)11(20)10-9(7)5-18-12(19-10)13(15,16)17/h1-3,5H,4H2. The highest BCUT2D eigenvalue weighted by atomic mass is 79.9. The Morgan fingerprint density at radius 2 is 1.90 bits per heavy atom. The Balaban J connectivity index is 2.18. The number of fused-ring (bicyclic) bond motifs is 3. The van der Waals surface area contributed by atoms with Crippen molar-refractivity contribution < 1.29 is 18.0 Å². The lowest BCUT2D eigenvalue weighted by atomic mass is 10.1. The number of alkyl halides is 4. The fraction of sp³-hybridized carbons (Fsp3) is 0.154. The maximum atomic E-state index is 12.6. The molecular weight excluding hydrogens is 337 g/mol. The first-order valence-corrected chi connectivity index (χ1v) is 6.72. The third-order valence-electron chi connectivity index (χ3n) is 3.03. The van der Waals surface area contributed by atoms with Crippen LogP contribution >= 0.6 is 15.9 Å². The van der Waals surface area contributed by atoms with Gasteiger partial charge in [0.2, 0.25) is 11.6 Å². The fourth-order valence-corrected chi connectivity index (χ4v) is 2.46. The molecule has 0 radical (unpaired) electrons. The topological polar surface area (TPSA) is 42.9 Å². The number of aromatic nitrogens is 2. The zero-order chi connectivity index (χ0) is 14.5. The predicted molar refractivity (Wildman–Crippen MR) is 68.5 cm³/mol. The van der Waals surface area contributed by atoms with Gasteiger partial charge in [-0.15, -0.1) is 0 Å². The second-order valence-corrected chi connectivity index (χ2v) is 4.86. The van der Waals surface area contributed by atoms with Crippen molar-refractivity contribution in [2.45, 2.75) is 11.5 Å². The van der Waals surface area contributed by atoms with Crippen LogP contribution < -0.4 is 0 Å². The summed E-state index contributed by atoms with van der Waals surface area (Å²) in [6.45, 7) is 0. The van der Waals surface area contributed by atoms with Crippen molar-refractivity contribution in [3.63, 3.8) is 0 Å². The maximum absolute atomic E-state index is 12.6. The Bertz CT molecular complexity index is 728. The molecule has 0 fully saturated rings. The van der Waals surface area contributed by atoms with Crippen LogP contribution in [0.4, 0.5) is 13.2 Å². The molecule has 0 spiro atoms. The average Bonchev–Trinajstić information content (AvgIpc) is 2.70. The summed E-state index contributed by atoms with van der Waals surface area (Å²) in [7, 11) is 0. The van der Waals surface area contributed by atoms with Gasteiger partial charge >= 0.3 is 6.18 Å². The van der Waals surface area contributed by atoms with Crippen molar-refractivity contribution in [1.29, 1.82) is 0 Å². The van der Waals surface area contributed by atoms with E-state index in [2.05, 4.69) is 25.9 Å². The number of carbonyl (C=O) groups excluding carboxylic acids is 1. The molecule has 0 aliphatic heterocycles. The molecule has 2 aromatic rings. The van der Waals surface area contributed by atoms with Crippen LogP contribution in [0.2, 0.25) is 0 Å². The van der Waals surface area contributed by atoms with Crippen molar-refractivity contribution in [2.24, 2.45) is 0 Å². The van der Waals surface area contributed by atoms with E-state index in [4.69, 9.17) is 0 Å². The van der Waals surface area contributed by atoms with Gasteiger partial charge in [-0.05, 0) is 17.2 Å². The molecule has 0 bridgehead atoms. The molecular formula is C13H6BrF3N2O. The number of rotatable bonds is 1. The summed E-state index contributed by atoms with van der Waals surface area (Å²) < 4.78 is 37.8. The predicted octanol–water partition coefficient (Wildman–Crippen LogP) is 3.60. The van der Waals surface area contributed by atoms with Crippen LogP contribution in [0, 0.1) is 0 Å². The van der Waals surface area contributed by atoms with Gasteiger partial charge < -0.3 is 0 Å². The van der Waals surface area contributed by atoms with Crippen molar-refractivity contribution in [2.75, 3.05) is 0 Å². The van der Waals surface area contributed by atoms with Crippen LogP contribution in [0.15, 0.2) is 24.4 Å². The molecule has 20 heavy (non-hydrogen) atoms. The van der Waals surface area contributed by atoms with Crippen LogP contribution in [0.5, 0.6) is 0 Å². The zero-order valence-corrected chi connectivity index (χ0v) is 11.4. The number of hydrogen-bond acceptors (Lipinski definition) is 3. The van der Waals surface area contributed by atoms with Crippen LogP contribution in [-0.4, -0.2) is 15.8 Å². The summed E-state index contributed by atoms with van der Waals surface area (Å²) in [5.41, 5.74) is 1.97. The lowest BCUT2D eigenvalue weighted by Crippen LogP contribution is -2.13.